The van der Waals surface area contributed by atoms with Crippen molar-refractivity contribution in [2.75, 3.05) is 5.73 Å². The third kappa shape index (κ3) is 1.97. The van der Waals surface area contributed by atoms with Crippen molar-refractivity contribution in [3.8, 4) is 16.9 Å². The fourth-order valence-corrected chi connectivity index (χ4v) is 2.94. The van der Waals surface area contributed by atoms with Crippen molar-refractivity contribution in [1.29, 1.82) is 0 Å². The molecular weight excluding hydrogens is 270 g/mol. The molecule has 4 aromatic carbocycles. The number of aromatic hydroxyl groups is 1. The second-order valence-corrected chi connectivity index (χ2v) is 5.50. The van der Waals surface area contributed by atoms with Gasteiger partial charge in [-0.15, -0.1) is 0 Å². The Bertz CT molecular complexity index is 1000. The van der Waals surface area contributed by atoms with Gasteiger partial charge in [0.25, 0.3) is 0 Å². The highest BCUT2D eigenvalue weighted by Gasteiger charge is 2.07. The summed E-state index contributed by atoms with van der Waals surface area (Å²) in [6.07, 6.45) is 0. The SMILES string of the molecule is Nc1cc(-c2cccc3cc4ccccc4cc23)ccc1O. The molecule has 0 spiro atoms. The summed E-state index contributed by atoms with van der Waals surface area (Å²) in [4.78, 5) is 0. The van der Waals surface area contributed by atoms with Gasteiger partial charge < -0.3 is 10.8 Å². The summed E-state index contributed by atoms with van der Waals surface area (Å²) in [5.74, 6) is 0.120. The van der Waals surface area contributed by atoms with Crippen LogP contribution in [0.2, 0.25) is 0 Å². The van der Waals surface area contributed by atoms with E-state index in [4.69, 9.17) is 5.73 Å². The van der Waals surface area contributed by atoms with Gasteiger partial charge in [0, 0.05) is 0 Å². The largest absolute Gasteiger partial charge is 0.506 e. The molecule has 0 aliphatic carbocycles. The molecule has 0 aliphatic rings. The summed E-state index contributed by atoms with van der Waals surface area (Å²) in [7, 11) is 0. The van der Waals surface area contributed by atoms with Gasteiger partial charge in [0.15, 0.2) is 0 Å². The third-order valence-corrected chi connectivity index (χ3v) is 4.09. The summed E-state index contributed by atoms with van der Waals surface area (Å²) in [5, 5.41) is 14.5. The van der Waals surface area contributed by atoms with Gasteiger partial charge in [-0.2, -0.15) is 0 Å². The first-order chi connectivity index (χ1) is 10.7. The van der Waals surface area contributed by atoms with Crippen LogP contribution in [0.4, 0.5) is 5.69 Å². The molecule has 0 atom stereocenters. The van der Waals surface area contributed by atoms with Crippen LogP contribution < -0.4 is 5.73 Å². The highest BCUT2D eigenvalue weighted by Crippen LogP contribution is 2.34. The van der Waals surface area contributed by atoms with E-state index in [1.807, 2.05) is 12.1 Å². The lowest BCUT2D eigenvalue weighted by Crippen LogP contribution is -1.88. The van der Waals surface area contributed by atoms with Crippen LogP contribution in [0.25, 0.3) is 32.7 Å². The van der Waals surface area contributed by atoms with Gasteiger partial charge in [-0.1, -0.05) is 48.5 Å². The van der Waals surface area contributed by atoms with E-state index in [1.54, 1.807) is 6.07 Å². The number of benzene rings is 4. The number of rotatable bonds is 1. The molecule has 0 aliphatic heterocycles. The van der Waals surface area contributed by atoms with E-state index in [2.05, 4.69) is 54.6 Å². The molecule has 22 heavy (non-hydrogen) atoms. The topological polar surface area (TPSA) is 46.2 Å². The Labute approximate surface area is 128 Å². The number of nitrogens with two attached hydrogens (primary N) is 1. The first kappa shape index (κ1) is 12.7. The van der Waals surface area contributed by atoms with E-state index in [-0.39, 0.29) is 5.75 Å². The van der Waals surface area contributed by atoms with Gasteiger partial charge in [0.2, 0.25) is 0 Å². The fraction of sp³-hybridized carbons (Fsp3) is 0. The molecule has 106 valence electrons. The summed E-state index contributed by atoms with van der Waals surface area (Å²) < 4.78 is 0. The first-order valence-corrected chi connectivity index (χ1v) is 7.23. The molecule has 4 rings (SSSR count). The summed E-state index contributed by atoms with van der Waals surface area (Å²) in [5.41, 5.74) is 8.37. The lowest BCUT2D eigenvalue weighted by molar-refractivity contribution is 0.478. The Morgan fingerprint density at radius 1 is 0.682 bits per heavy atom. The van der Waals surface area contributed by atoms with Crippen molar-refractivity contribution in [1.82, 2.24) is 0 Å². The summed E-state index contributed by atoms with van der Waals surface area (Å²) >= 11 is 0. The quantitative estimate of drug-likeness (QED) is 0.295. The smallest absolute Gasteiger partial charge is 0.138 e. The summed E-state index contributed by atoms with van der Waals surface area (Å²) in [6.45, 7) is 0. The van der Waals surface area contributed by atoms with Crippen LogP contribution in [-0.4, -0.2) is 5.11 Å². The minimum atomic E-state index is 0.120. The Hall–Kier alpha value is -3.00. The van der Waals surface area contributed by atoms with Crippen LogP contribution in [-0.2, 0) is 0 Å². The van der Waals surface area contributed by atoms with Crippen LogP contribution in [0, 0.1) is 0 Å². The molecule has 3 N–H and O–H groups in total. The van der Waals surface area contributed by atoms with E-state index < -0.39 is 0 Å². The maximum Gasteiger partial charge on any atom is 0.138 e. The number of nitrogen functional groups attached to an aromatic ring is 1. The normalized spacial score (nSPS) is 11.1. The molecule has 4 aromatic rings. The van der Waals surface area contributed by atoms with Crippen LogP contribution in [0.5, 0.6) is 5.75 Å². The number of phenolic OH excluding ortho intramolecular Hbond substituents is 1. The van der Waals surface area contributed by atoms with E-state index in [0.717, 1.165) is 11.1 Å². The minimum Gasteiger partial charge on any atom is -0.506 e. The summed E-state index contributed by atoms with van der Waals surface area (Å²) in [6, 6.07) is 24.4. The van der Waals surface area contributed by atoms with Crippen molar-refractivity contribution in [2.24, 2.45) is 0 Å². The van der Waals surface area contributed by atoms with Gasteiger partial charge in [0.05, 0.1) is 5.69 Å². The molecule has 0 amide bonds. The van der Waals surface area contributed by atoms with Crippen molar-refractivity contribution < 1.29 is 5.11 Å². The molecule has 0 fully saturated rings. The number of hydrogen-bond acceptors (Lipinski definition) is 2. The molecule has 0 saturated heterocycles. The highest BCUT2D eigenvalue weighted by atomic mass is 16.3. The van der Waals surface area contributed by atoms with Gasteiger partial charge in [-0.3, -0.25) is 0 Å². The van der Waals surface area contributed by atoms with Crippen LogP contribution in [0.1, 0.15) is 0 Å². The second kappa shape index (κ2) is 4.78. The predicted octanol–water partition coefficient (Wildman–Crippen LogP) is 4.95. The van der Waals surface area contributed by atoms with E-state index in [9.17, 15) is 5.11 Å². The van der Waals surface area contributed by atoms with E-state index >= 15 is 0 Å². The Morgan fingerprint density at radius 3 is 2.18 bits per heavy atom. The van der Waals surface area contributed by atoms with E-state index in [0.29, 0.717) is 5.69 Å². The molecule has 2 heteroatoms. The molecule has 0 bridgehead atoms. The molecule has 0 aromatic heterocycles. The van der Waals surface area contributed by atoms with Gasteiger partial charge in [0.1, 0.15) is 5.75 Å². The Balaban J connectivity index is 2.04. The third-order valence-electron chi connectivity index (χ3n) is 4.09. The lowest BCUT2D eigenvalue weighted by Gasteiger charge is -2.10. The van der Waals surface area contributed by atoms with Crippen LogP contribution in [0.3, 0.4) is 0 Å². The zero-order valence-corrected chi connectivity index (χ0v) is 12.0. The van der Waals surface area contributed by atoms with Gasteiger partial charge in [-0.25, -0.2) is 0 Å². The van der Waals surface area contributed by atoms with Crippen molar-refractivity contribution in [2.45, 2.75) is 0 Å². The van der Waals surface area contributed by atoms with Gasteiger partial charge in [-0.05, 0) is 56.9 Å². The minimum absolute atomic E-state index is 0.120. The average Bonchev–Trinajstić information content (AvgIpc) is 2.55. The molecular formula is C20H15NO. The van der Waals surface area contributed by atoms with Crippen LogP contribution in [0.15, 0.2) is 72.8 Å². The number of phenols is 1. The lowest BCUT2D eigenvalue weighted by atomic mass is 9.95. The fourth-order valence-electron chi connectivity index (χ4n) is 2.94. The van der Waals surface area contributed by atoms with Crippen molar-refractivity contribution in [3.63, 3.8) is 0 Å². The second-order valence-electron chi connectivity index (χ2n) is 5.50. The standard InChI is InChI=1S/C20H15NO/c21-19-12-16(8-9-20(19)22)17-7-3-6-15-10-13-4-1-2-5-14(13)11-18(15)17/h1-12,22H,21H2. The maximum absolute atomic E-state index is 9.62. The van der Waals surface area contributed by atoms with Crippen molar-refractivity contribution >= 4 is 27.2 Å². The first-order valence-electron chi connectivity index (χ1n) is 7.23. The Morgan fingerprint density at radius 2 is 1.41 bits per heavy atom. The highest BCUT2D eigenvalue weighted by molar-refractivity contribution is 6.05. The monoisotopic (exact) mass is 285 g/mol. The molecule has 0 unspecified atom stereocenters. The van der Waals surface area contributed by atoms with Crippen molar-refractivity contribution in [3.05, 3.63) is 72.8 Å². The molecule has 2 nitrogen and oxygen atoms in total. The predicted molar refractivity (Wildman–Crippen MR) is 93.0 cm³/mol. The zero-order chi connectivity index (χ0) is 15.1. The maximum atomic E-state index is 9.62. The van der Waals surface area contributed by atoms with E-state index in [1.165, 1.54) is 21.5 Å². The molecule has 0 heterocycles. The molecule has 0 saturated carbocycles. The van der Waals surface area contributed by atoms with Crippen LogP contribution >= 0.6 is 0 Å². The van der Waals surface area contributed by atoms with Gasteiger partial charge >= 0.3 is 0 Å². The molecule has 0 radical (unpaired) electrons. The number of fused-ring (bicyclic) bond motifs is 2. The average molecular weight is 285 g/mol. The zero-order valence-electron chi connectivity index (χ0n) is 12.0. The number of hydrogen-bond donors (Lipinski definition) is 2. The Kier molecular flexibility index (Phi) is 2.76. The number of anilines is 1.